The molecule has 2 unspecified atom stereocenters. The van der Waals surface area contributed by atoms with Crippen LogP contribution < -0.4 is 5.32 Å². The number of carbonyl (C=O) groups excluding carboxylic acids is 1. The highest BCUT2D eigenvalue weighted by Crippen LogP contribution is 2.21. The largest absolute Gasteiger partial charge is 0.342 e. The third-order valence-electron chi connectivity index (χ3n) is 4.00. The molecule has 3 heteroatoms. The highest BCUT2D eigenvalue weighted by molar-refractivity contribution is 5.79. The van der Waals surface area contributed by atoms with Crippen molar-refractivity contribution in [2.75, 3.05) is 19.6 Å². The molecule has 0 aromatic carbocycles. The van der Waals surface area contributed by atoms with Crippen molar-refractivity contribution >= 4 is 5.91 Å². The van der Waals surface area contributed by atoms with Crippen molar-refractivity contribution in [3.63, 3.8) is 0 Å². The van der Waals surface area contributed by atoms with Gasteiger partial charge in [-0.25, -0.2) is 0 Å². The zero-order valence-electron chi connectivity index (χ0n) is 10.4. The van der Waals surface area contributed by atoms with Crippen molar-refractivity contribution in [2.24, 2.45) is 5.92 Å². The lowest BCUT2D eigenvalue weighted by Gasteiger charge is -2.33. The topological polar surface area (TPSA) is 32.3 Å². The smallest absolute Gasteiger partial charge is 0.227 e. The van der Waals surface area contributed by atoms with Crippen molar-refractivity contribution in [1.29, 1.82) is 0 Å². The highest BCUT2D eigenvalue weighted by atomic mass is 16.2. The maximum absolute atomic E-state index is 12.4. The molecule has 0 bridgehead atoms. The van der Waals surface area contributed by atoms with E-state index >= 15 is 0 Å². The summed E-state index contributed by atoms with van der Waals surface area (Å²) in [7, 11) is 0. The minimum atomic E-state index is 0.229. The van der Waals surface area contributed by atoms with Crippen LogP contribution in [0, 0.1) is 5.92 Å². The van der Waals surface area contributed by atoms with Gasteiger partial charge in [-0.3, -0.25) is 4.79 Å². The van der Waals surface area contributed by atoms with Gasteiger partial charge in [0.05, 0.1) is 5.92 Å². The Balaban J connectivity index is 1.93. The van der Waals surface area contributed by atoms with Gasteiger partial charge in [-0.2, -0.15) is 0 Å². The number of hydrogen-bond donors (Lipinski definition) is 1. The summed E-state index contributed by atoms with van der Waals surface area (Å²) in [6.07, 6.45) is 7.20. The van der Waals surface area contributed by atoms with Crippen molar-refractivity contribution in [2.45, 2.75) is 51.5 Å². The highest BCUT2D eigenvalue weighted by Gasteiger charge is 2.30. The van der Waals surface area contributed by atoms with E-state index in [0.29, 0.717) is 11.9 Å². The fourth-order valence-electron chi connectivity index (χ4n) is 2.91. The van der Waals surface area contributed by atoms with Crippen LogP contribution in [0.4, 0.5) is 0 Å². The molecule has 2 aliphatic rings. The molecule has 3 nitrogen and oxygen atoms in total. The molecule has 0 radical (unpaired) electrons. The van der Waals surface area contributed by atoms with Gasteiger partial charge < -0.3 is 10.2 Å². The molecule has 0 aliphatic carbocycles. The van der Waals surface area contributed by atoms with Crippen LogP contribution in [-0.2, 0) is 4.79 Å². The van der Waals surface area contributed by atoms with E-state index in [2.05, 4.69) is 17.1 Å². The fourth-order valence-corrected chi connectivity index (χ4v) is 2.91. The van der Waals surface area contributed by atoms with Crippen molar-refractivity contribution in [1.82, 2.24) is 10.2 Å². The van der Waals surface area contributed by atoms with E-state index in [4.69, 9.17) is 0 Å². The standard InChI is InChI=1S/C13H24N2O/c1-11-12(7-6-8-14-11)13(16)15-9-4-2-3-5-10-15/h11-12,14H,2-10H2,1H3. The van der Waals surface area contributed by atoms with Crippen molar-refractivity contribution in [3.05, 3.63) is 0 Å². The summed E-state index contributed by atoms with van der Waals surface area (Å²) in [4.78, 5) is 14.5. The van der Waals surface area contributed by atoms with E-state index in [1.807, 2.05) is 0 Å². The first kappa shape index (κ1) is 11.9. The number of likely N-dealkylation sites (tertiary alicyclic amines) is 1. The molecule has 2 saturated heterocycles. The molecule has 2 heterocycles. The molecular formula is C13H24N2O. The summed E-state index contributed by atoms with van der Waals surface area (Å²) in [6, 6.07) is 0.365. The Morgan fingerprint density at radius 2 is 1.81 bits per heavy atom. The van der Waals surface area contributed by atoms with Crippen LogP contribution >= 0.6 is 0 Å². The third-order valence-corrected chi connectivity index (χ3v) is 4.00. The van der Waals surface area contributed by atoms with Crippen LogP contribution in [0.2, 0.25) is 0 Å². The number of hydrogen-bond acceptors (Lipinski definition) is 2. The molecule has 1 amide bonds. The number of carbonyl (C=O) groups is 1. The van der Waals surface area contributed by atoms with Crippen LogP contribution in [0.5, 0.6) is 0 Å². The summed E-state index contributed by atoms with van der Waals surface area (Å²) in [5, 5.41) is 3.42. The molecule has 16 heavy (non-hydrogen) atoms. The molecule has 0 aromatic rings. The zero-order chi connectivity index (χ0) is 11.4. The van der Waals surface area contributed by atoms with Crippen molar-refractivity contribution in [3.8, 4) is 0 Å². The first-order valence-corrected chi connectivity index (χ1v) is 6.81. The van der Waals surface area contributed by atoms with Gasteiger partial charge in [0.2, 0.25) is 5.91 Å². The molecule has 0 saturated carbocycles. The SMILES string of the molecule is CC1NCCCC1C(=O)N1CCCCCC1. The Labute approximate surface area is 98.6 Å². The Bertz CT molecular complexity index is 234. The predicted octanol–water partition coefficient (Wildman–Crippen LogP) is 1.78. The van der Waals surface area contributed by atoms with Gasteiger partial charge in [-0.15, -0.1) is 0 Å². The van der Waals surface area contributed by atoms with Crippen LogP contribution in [-0.4, -0.2) is 36.5 Å². The summed E-state index contributed by atoms with van der Waals surface area (Å²) in [5.74, 6) is 0.633. The summed E-state index contributed by atoms with van der Waals surface area (Å²) >= 11 is 0. The van der Waals surface area contributed by atoms with E-state index in [9.17, 15) is 4.79 Å². The van der Waals surface area contributed by atoms with Crippen LogP contribution in [0.3, 0.4) is 0 Å². The summed E-state index contributed by atoms with van der Waals surface area (Å²) in [6.45, 7) is 5.20. The van der Waals surface area contributed by atoms with Gasteiger partial charge in [-0.1, -0.05) is 12.8 Å². The normalized spacial score (nSPS) is 32.2. The summed E-state index contributed by atoms with van der Waals surface area (Å²) < 4.78 is 0. The zero-order valence-corrected chi connectivity index (χ0v) is 10.4. The molecule has 2 fully saturated rings. The van der Waals surface area contributed by atoms with Crippen LogP contribution in [0.15, 0.2) is 0 Å². The molecule has 92 valence electrons. The lowest BCUT2D eigenvalue weighted by Crippen LogP contribution is -2.48. The van der Waals surface area contributed by atoms with E-state index in [1.54, 1.807) is 0 Å². The molecule has 2 atom stereocenters. The second-order valence-corrected chi connectivity index (χ2v) is 5.23. The number of nitrogens with one attached hydrogen (secondary N) is 1. The van der Waals surface area contributed by atoms with Gasteiger partial charge in [0.25, 0.3) is 0 Å². The van der Waals surface area contributed by atoms with E-state index in [-0.39, 0.29) is 5.92 Å². The Hall–Kier alpha value is -0.570. The van der Waals surface area contributed by atoms with E-state index in [1.165, 1.54) is 25.7 Å². The Morgan fingerprint density at radius 1 is 1.12 bits per heavy atom. The average Bonchev–Trinajstić information content (AvgIpc) is 2.57. The van der Waals surface area contributed by atoms with Crippen molar-refractivity contribution < 1.29 is 4.79 Å². The van der Waals surface area contributed by atoms with E-state index < -0.39 is 0 Å². The molecule has 0 spiro atoms. The van der Waals surface area contributed by atoms with Gasteiger partial charge in [0.15, 0.2) is 0 Å². The monoisotopic (exact) mass is 224 g/mol. The quantitative estimate of drug-likeness (QED) is 0.736. The molecule has 2 rings (SSSR count). The van der Waals surface area contributed by atoms with Crippen LogP contribution in [0.25, 0.3) is 0 Å². The average molecular weight is 224 g/mol. The molecule has 0 aromatic heterocycles. The summed E-state index contributed by atoms with van der Waals surface area (Å²) in [5.41, 5.74) is 0. The first-order valence-electron chi connectivity index (χ1n) is 6.81. The number of nitrogens with zero attached hydrogens (tertiary/aromatic N) is 1. The third kappa shape index (κ3) is 2.76. The molecule has 1 N–H and O–H groups in total. The first-order chi connectivity index (χ1) is 7.79. The maximum atomic E-state index is 12.4. The minimum absolute atomic E-state index is 0.229. The fraction of sp³-hybridized carbons (Fsp3) is 0.923. The Kier molecular flexibility index (Phi) is 4.22. The Morgan fingerprint density at radius 3 is 2.44 bits per heavy atom. The van der Waals surface area contributed by atoms with Gasteiger partial charge >= 0.3 is 0 Å². The van der Waals surface area contributed by atoms with Gasteiger partial charge in [0.1, 0.15) is 0 Å². The number of rotatable bonds is 1. The van der Waals surface area contributed by atoms with Gasteiger partial charge in [-0.05, 0) is 39.2 Å². The second-order valence-electron chi connectivity index (χ2n) is 5.23. The second kappa shape index (κ2) is 5.67. The van der Waals surface area contributed by atoms with Gasteiger partial charge in [0, 0.05) is 19.1 Å². The molecule has 2 aliphatic heterocycles. The number of piperidine rings is 1. The molecular weight excluding hydrogens is 200 g/mol. The minimum Gasteiger partial charge on any atom is -0.342 e. The van der Waals surface area contributed by atoms with Crippen LogP contribution in [0.1, 0.15) is 45.4 Å². The predicted molar refractivity (Wildman–Crippen MR) is 65.2 cm³/mol. The lowest BCUT2D eigenvalue weighted by molar-refractivity contribution is -0.137. The van der Waals surface area contributed by atoms with E-state index in [0.717, 1.165) is 32.5 Å². The maximum Gasteiger partial charge on any atom is 0.227 e. The lowest BCUT2D eigenvalue weighted by atomic mass is 9.90. The number of amides is 1.